The SMILES string of the molecule is CCOC(=O)Cc1cc(-c2ccc(S(C)(=O)=O)cc2)n(-c2ccc(C)cc2)c1C. The van der Waals surface area contributed by atoms with Gasteiger partial charge in [-0.05, 0) is 62.2 Å². The van der Waals surface area contributed by atoms with E-state index in [2.05, 4.69) is 4.57 Å². The third-order valence-electron chi connectivity index (χ3n) is 4.86. The molecule has 0 bridgehead atoms. The van der Waals surface area contributed by atoms with Gasteiger partial charge in [-0.1, -0.05) is 29.8 Å². The molecule has 0 fully saturated rings. The summed E-state index contributed by atoms with van der Waals surface area (Å²) in [6, 6.07) is 16.9. The van der Waals surface area contributed by atoms with Crippen LogP contribution in [0.4, 0.5) is 0 Å². The Hall–Kier alpha value is -2.86. The fourth-order valence-corrected chi connectivity index (χ4v) is 3.95. The lowest BCUT2D eigenvalue weighted by molar-refractivity contribution is -0.142. The zero-order valence-electron chi connectivity index (χ0n) is 17.1. The van der Waals surface area contributed by atoms with E-state index in [-0.39, 0.29) is 17.3 Å². The third-order valence-corrected chi connectivity index (χ3v) is 5.99. The van der Waals surface area contributed by atoms with E-state index in [9.17, 15) is 13.2 Å². The molecule has 0 spiro atoms. The highest BCUT2D eigenvalue weighted by molar-refractivity contribution is 7.90. The Balaban J connectivity index is 2.13. The van der Waals surface area contributed by atoms with Gasteiger partial charge in [-0.2, -0.15) is 0 Å². The Kier molecular flexibility index (Phi) is 5.94. The van der Waals surface area contributed by atoms with Crippen molar-refractivity contribution in [1.29, 1.82) is 0 Å². The molecule has 6 heteroatoms. The van der Waals surface area contributed by atoms with Crippen molar-refractivity contribution in [1.82, 2.24) is 4.57 Å². The third kappa shape index (κ3) is 4.59. The van der Waals surface area contributed by atoms with Crippen LogP contribution in [0, 0.1) is 13.8 Å². The van der Waals surface area contributed by atoms with Crippen molar-refractivity contribution in [3.8, 4) is 16.9 Å². The van der Waals surface area contributed by atoms with E-state index in [1.807, 2.05) is 44.2 Å². The van der Waals surface area contributed by atoms with Crippen molar-refractivity contribution in [2.75, 3.05) is 12.9 Å². The molecule has 5 nitrogen and oxygen atoms in total. The fraction of sp³-hybridized carbons (Fsp3) is 0.261. The molecule has 3 rings (SSSR count). The van der Waals surface area contributed by atoms with Crippen molar-refractivity contribution in [2.24, 2.45) is 0 Å². The van der Waals surface area contributed by atoms with Gasteiger partial charge in [0.05, 0.1) is 23.6 Å². The van der Waals surface area contributed by atoms with E-state index in [1.54, 1.807) is 31.2 Å². The van der Waals surface area contributed by atoms with Crippen LogP contribution >= 0.6 is 0 Å². The standard InChI is InChI=1S/C23H25NO4S/c1-5-28-23(25)15-19-14-22(18-8-12-21(13-9-18)29(4,26)27)24(17(19)3)20-10-6-16(2)7-11-20/h6-14H,5,15H2,1-4H3. The molecule has 152 valence electrons. The maximum absolute atomic E-state index is 12.1. The number of carbonyl (C=O) groups excluding carboxylic acids is 1. The minimum atomic E-state index is -3.26. The first-order valence-electron chi connectivity index (χ1n) is 9.45. The Morgan fingerprint density at radius 2 is 1.62 bits per heavy atom. The molecule has 29 heavy (non-hydrogen) atoms. The molecule has 1 aromatic heterocycles. The Labute approximate surface area is 171 Å². The number of aromatic nitrogens is 1. The van der Waals surface area contributed by atoms with Crippen LogP contribution in [-0.4, -0.2) is 31.8 Å². The van der Waals surface area contributed by atoms with Gasteiger partial charge in [0.1, 0.15) is 0 Å². The van der Waals surface area contributed by atoms with Crippen molar-refractivity contribution >= 4 is 15.8 Å². The first kappa shape index (κ1) is 20.9. The maximum Gasteiger partial charge on any atom is 0.310 e. The van der Waals surface area contributed by atoms with E-state index in [0.29, 0.717) is 6.61 Å². The minimum Gasteiger partial charge on any atom is -0.466 e. The number of hydrogen-bond donors (Lipinski definition) is 0. The highest BCUT2D eigenvalue weighted by atomic mass is 32.2. The first-order chi connectivity index (χ1) is 13.7. The van der Waals surface area contributed by atoms with Crippen LogP contribution < -0.4 is 0 Å². The van der Waals surface area contributed by atoms with Gasteiger partial charge in [-0.15, -0.1) is 0 Å². The quantitative estimate of drug-likeness (QED) is 0.568. The number of rotatable bonds is 6. The van der Waals surface area contributed by atoms with Gasteiger partial charge in [0.25, 0.3) is 0 Å². The number of esters is 1. The number of aryl methyl sites for hydroxylation is 1. The number of ether oxygens (including phenoxy) is 1. The molecule has 0 atom stereocenters. The van der Waals surface area contributed by atoms with Crippen molar-refractivity contribution < 1.29 is 17.9 Å². The van der Waals surface area contributed by atoms with Crippen LogP contribution in [0.3, 0.4) is 0 Å². The molecule has 0 saturated carbocycles. The number of hydrogen-bond acceptors (Lipinski definition) is 4. The summed E-state index contributed by atoms with van der Waals surface area (Å²) >= 11 is 0. The smallest absolute Gasteiger partial charge is 0.310 e. The van der Waals surface area contributed by atoms with Gasteiger partial charge < -0.3 is 9.30 Å². The largest absolute Gasteiger partial charge is 0.466 e. The molecule has 0 radical (unpaired) electrons. The zero-order valence-corrected chi connectivity index (χ0v) is 17.9. The van der Waals surface area contributed by atoms with E-state index < -0.39 is 9.84 Å². The Bertz CT molecular complexity index is 1120. The summed E-state index contributed by atoms with van der Waals surface area (Å²) in [6.07, 6.45) is 1.38. The van der Waals surface area contributed by atoms with Crippen LogP contribution in [-0.2, 0) is 25.8 Å². The monoisotopic (exact) mass is 411 g/mol. The van der Waals surface area contributed by atoms with Gasteiger partial charge in [-0.3, -0.25) is 4.79 Å². The second-order valence-corrected chi connectivity index (χ2v) is 9.11. The highest BCUT2D eigenvalue weighted by Gasteiger charge is 2.18. The maximum atomic E-state index is 12.1. The number of carbonyl (C=O) groups is 1. The summed E-state index contributed by atoms with van der Waals surface area (Å²) in [4.78, 5) is 12.3. The van der Waals surface area contributed by atoms with Crippen molar-refractivity contribution in [3.05, 3.63) is 71.4 Å². The van der Waals surface area contributed by atoms with E-state index in [1.165, 1.54) is 6.26 Å². The van der Waals surface area contributed by atoms with Gasteiger partial charge in [0.15, 0.2) is 9.84 Å². The summed E-state index contributed by atoms with van der Waals surface area (Å²) in [5.41, 5.74) is 5.73. The lowest BCUT2D eigenvalue weighted by Crippen LogP contribution is -2.08. The van der Waals surface area contributed by atoms with Gasteiger partial charge >= 0.3 is 5.97 Å². The second-order valence-electron chi connectivity index (χ2n) is 7.09. The number of benzene rings is 2. The summed E-state index contributed by atoms with van der Waals surface area (Å²) in [5.74, 6) is -0.268. The molecule has 0 aliphatic carbocycles. The Morgan fingerprint density at radius 3 is 2.17 bits per heavy atom. The summed E-state index contributed by atoms with van der Waals surface area (Å²) < 4.78 is 30.8. The first-order valence-corrected chi connectivity index (χ1v) is 11.3. The van der Waals surface area contributed by atoms with Crippen LogP contribution in [0.15, 0.2) is 59.5 Å². The zero-order chi connectivity index (χ0) is 21.2. The van der Waals surface area contributed by atoms with Gasteiger partial charge in [0.2, 0.25) is 0 Å². The Morgan fingerprint density at radius 1 is 1.00 bits per heavy atom. The van der Waals surface area contributed by atoms with Crippen LogP contribution in [0.5, 0.6) is 0 Å². The molecule has 0 amide bonds. The lowest BCUT2D eigenvalue weighted by Gasteiger charge is -2.13. The number of nitrogens with zero attached hydrogens (tertiary/aromatic N) is 1. The second kappa shape index (κ2) is 8.25. The van der Waals surface area contributed by atoms with E-state index in [0.717, 1.165) is 33.8 Å². The van der Waals surface area contributed by atoms with Crippen LogP contribution in [0.25, 0.3) is 16.9 Å². The van der Waals surface area contributed by atoms with E-state index >= 15 is 0 Å². The topological polar surface area (TPSA) is 65.4 Å². The fourth-order valence-electron chi connectivity index (χ4n) is 3.32. The summed E-state index contributed by atoms with van der Waals surface area (Å²) in [7, 11) is -3.26. The summed E-state index contributed by atoms with van der Waals surface area (Å²) in [5, 5.41) is 0. The predicted octanol–water partition coefficient (Wildman–Crippen LogP) is 4.27. The highest BCUT2D eigenvalue weighted by Crippen LogP contribution is 2.31. The summed E-state index contributed by atoms with van der Waals surface area (Å²) in [6.45, 7) is 6.14. The molecule has 2 aromatic carbocycles. The van der Waals surface area contributed by atoms with E-state index in [4.69, 9.17) is 4.74 Å². The molecule has 0 aliphatic heterocycles. The van der Waals surface area contributed by atoms with Crippen molar-refractivity contribution in [2.45, 2.75) is 32.1 Å². The van der Waals surface area contributed by atoms with Crippen molar-refractivity contribution in [3.63, 3.8) is 0 Å². The lowest BCUT2D eigenvalue weighted by atomic mass is 10.1. The molecule has 0 aliphatic rings. The molecule has 3 aromatic rings. The molecule has 0 unspecified atom stereocenters. The number of sulfone groups is 1. The molecule has 0 N–H and O–H groups in total. The average molecular weight is 412 g/mol. The predicted molar refractivity (Wildman–Crippen MR) is 114 cm³/mol. The molecular formula is C23H25NO4S. The normalized spacial score (nSPS) is 11.4. The molecule has 0 saturated heterocycles. The van der Waals surface area contributed by atoms with Crippen LogP contribution in [0.2, 0.25) is 0 Å². The van der Waals surface area contributed by atoms with Gasteiger partial charge in [0, 0.05) is 17.6 Å². The average Bonchev–Trinajstić information content (AvgIpc) is 2.98. The van der Waals surface area contributed by atoms with Gasteiger partial charge in [-0.25, -0.2) is 8.42 Å². The molecule has 1 heterocycles. The van der Waals surface area contributed by atoms with Crippen LogP contribution in [0.1, 0.15) is 23.7 Å². The molecular weight excluding hydrogens is 386 g/mol. The minimum absolute atomic E-state index is 0.187.